The molecule has 82 valence electrons. The molecule has 3 heteroatoms. The minimum atomic E-state index is 0.279. The molecule has 14 heavy (non-hydrogen) atoms. The number of hydrogen-bond donors (Lipinski definition) is 0. The summed E-state index contributed by atoms with van der Waals surface area (Å²) in [5.74, 6) is 0. The molecule has 0 bridgehead atoms. The van der Waals surface area contributed by atoms with Crippen molar-refractivity contribution in [3.05, 3.63) is 0 Å². The van der Waals surface area contributed by atoms with E-state index in [2.05, 4.69) is 37.6 Å². The Bertz CT molecular complexity index is 212. The highest BCUT2D eigenvalue weighted by molar-refractivity contribution is 4.97. The van der Waals surface area contributed by atoms with Crippen molar-refractivity contribution >= 4 is 0 Å². The van der Waals surface area contributed by atoms with Gasteiger partial charge in [-0.25, -0.2) is 0 Å². The second-order valence-electron chi connectivity index (χ2n) is 5.53. The van der Waals surface area contributed by atoms with Gasteiger partial charge in [-0.05, 0) is 27.8 Å². The van der Waals surface area contributed by atoms with Crippen molar-refractivity contribution in [1.29, 1.82) is 0 Å². The quantitative estimate of drug-likeness (QED) is 0.572. The third-order valence-corrected chi connectivity index (χ3v) is 3.53. The monoisotopic (exact) mass is 198 g/mol. The highest BCUT2D eigenvalue weighted by atomic mass is 16.5. The third-order valence-electron chi connectivity index (χ3n) is 3.53. The lowest BCUT2D eigenvalue weighted by molar-refractivity contribution is -0.0375. The van der Waals surface area contributed by atoms with Gasteiger partial charge in [0.1, 0.15) is 0 Å². The van der Waals surface area contributed by atoms with Gasteiger partial charge in [-0.1, -0.05) is 0 Å². The number of hydrogen-bond acceptors (Lipinski definition) is 3. The van der Waals surface area contributed by atoms with Crippen LogP contribution in [0.1, 0.15) is 20.8 Å². The summed E-state index contributed by atoms with van der Waals surface area (Å²) in [7, 11) is 2.21. The van der Waals surface area contributed by atoms with Gasteiger partial charge in [0, 0.05) is 31.2 Å². The highest BCUT2D eigenvalue weighted by Gasteiger charge is 2.41. The lowest BCUT2D eigenvalue weighted by Crippen LogP contribution is -2.48. The van der Waals surface area contributed by atoms with Crippen molar-refractivity contribution in [3.8, 4) is 0 Å². The zero-order valence-corrected chi connectivity index (χ0v) is 9.79. The van der Waals surface area contributed by atoms with E-state index < -0.39 is 0 Å². The summed E-state index contributed by atoms with van der Waals surface area (Å²) in [6.45, 7) is 11.1. The van der Waals surface area contributed by atoms with E-state index in [1.165, 1.54) is 0 Å². The maximum atomic E-state index is 5.81. The number of morpholine rings is 1. The van der Waals surface area contributed by atoms with Gasteiger partial charge in [0.25, 0.3) is 0 Å². The van der Waals surface area contributed by atoms with Crippen LogP contribution in [0.3, 0.4) is 0 Å². The summed E-state index contributed by atoms with van der Waals surface area (Å²) >= 11 is 0. The normalized spacial score (nSPS) is 36.0. The number of likely N-dealkylation sites (tertiary alicyclic amines) is 1. The smallest absolute Gasteiger partial charge is 0.0870 e. The second kappa shape index (κ2) is 3.47. The summed E-state index contributed by atoms with van der Waals surface area (Å²) in [6.07, 6.45) is 0.438. The molecule has 0 N–H and O–H groups in total. The maximum absolute atomic E-state index is 5.81. The Morgan fingerprint density at radius 1 is 1.21 bits per heavy atom. The topological polar surface area (TPSA) is 15.7 Å². The maximum Gasteiger partial charge on any atom is 0.0870 e. The number of fused-ring (bicyclic) bond motifs is 1. The molecule has 2 saturated heterocycles. The molecule has 2 atom stereocenters. The molecule has 0 aromatic heterocycles. The molecule has 0 radical (unpaired) electrons. The Hall–Kier alpha value is -0.120. The Morgan fingerprint density at radius 2 is 1.93 bits per heavy atom. The predicted octanol–water partition coefficient (Wildman–Crippen LogP) is 0.800. The van der Waals surface area contributed by atoms with Crippen LogP contribution in [-0.4, -0.2) is 60.8 Å². The van der Waals surface area contributed by atoms with E-state index in [-0.39, 0.29) is 5.54 Å². The highest BCUT2D eigenvalue weighted by Crippen LogP contribution is 2.27. The zero-order valence-electron chi connectivity index (χ0n) is 9.79. The average molecular weight is 198 g/mol. The molecule has 0 aromatic carbocycles. The van der Waals surface area contributed by atoms with Gasteiger partial charge < -0.3 is 4.74 Å². The van der Waals surface area contributed by atoms with Crippen LogP contribution < -0.4 is 0 Å². The first-order chi connectivity index (χ1) is 6.48. The predicted molar refractivity (Wildman–Crippen MR) is 57.5 cm³/mol. The van der Waals surface area contributed by atoms with Crippen LogP contribution >= 0.6 is 0 Å². The molecule has 3 nitrogen and oxygen atoms in total. The summed E-state index contributed by atoms with van der Waals surface area (Å²) in [4.78, 5) is 4.98. The first-order valence-electron chi connectivity index (χ1n) is 5.55. The Morgan fingerprint density at radius 3 is 2.50 bits per heavy atom. The van der Waals surface area contributed by atoms with Crippen molar-refractivity contribution in [2.75, 3.05) is 33.3 Å². The van der Waals surface area contributed by atoms with Crippen molar-refractivity contribution in [3.63, 3.8) is 0 Å². The van der Waals surface area contributed by atoms with Crippen LogP contribution in [0.25, 0.3) is 0 Å². The van der Waals surface area contributed by atoms with Gasteiger partial charge in [-0.2, -0.15) is 0 Å². The van der Waals surface area contributed by atoms with Gasteiger partial charge in [-0.15, -0.1) is 0 Å². The van der Waals surface area contributed by atoms with Gasteiger partial charge in [0.05, 0.1) is 12.7 Å². The van der Waals surface area contributed by atoms with Crippen LogP contribution in [0.4, 0.5) is 0 Å². The molecule has 0 spiro atoms. The Kier molecular flexibility index (Phi) is 2.58. The standard InChI is InChI=1S/C11H22N2O/c1-11(2,3)13-7-9-10(8-13)14-6-5-12(9)4/h9-10H,5-8H2,1-4H3/t9-,10-/m0/s1. The molecule has 0 aliphatic carbocycles. The molecular weight excluding hydrogens is 176 g/mol. The van der Waals surface area contributed by atoms with Crippen molar-refractivity contribution in [1.82, 2.24) is 9.80 Å². The molecule has 0 saturated carbocycles. The number of likely N-dealkylation sites (N-methyl/N-ethyl adjacent to an activating group) is 1. The lowest BCUT2D eigenvalue weighted by Gasteiger charge is -2.34. The van der Waals surface area contributed by atoms with Crippen LogP contribution in [0.5, 0.6) is 0 Å². The molecule has 2 heterocycles. The van der Waals surface area contributed by atoms with Gasteiger partial charge in [-0.3, -0.25) is 9.80 Å². The minimum Gasteiger partial charge on any atom is -0.374 e. The first kappa shape index (κ1) is 10.4. The number of nitrogens with zero attached hydrogens (tertiary/aromatic N) is 2. The molecule has 2 fully saturated rings. The van der Waals surface area contributed by atoms with Gasteiger partial charge >= 0.3 is 0 Å². The third kappa shape index (κ3) is 1.81. The summed E-state index contributed by atoms with van der Waals surface area (Å²) in [5, 5.41) is 0. The zero-order chi connectivity index (χ0) is 10.3. The number of rotatable bonds is 0. The second-order valence-corrected chi connectivity index (χ2v) is 5.53. The van der Waals surface area contributed by atoms with Crippen LogP contribution in [0.15, 0.2) is 0 Å². The first-order valence-corrected chi connectivity index (χ1v) is 5.55. The van der Waals surface area contributed by atoms with E-state index in [9.17, 15) is 0 Å². The SMILES string of the molecule is CN1CCO[C@H]2CN(C(C)(C)C)C[C@@H]21. The lowest BCUT2D eigenvalue weighted by atomic mass is 10.1. The molecular formula is C11H22N2O. The molecule has 0 aromatic rings. The molecule has 2 aliphatic heterocycles. The summed E-state index contributed by atoms with van der Waals surface area (Å²) < 4.78 is 5.81. The summed E-state index contributed by atoms with van der Waals surface area (Å²) in [6, 6.07) is 0.614. The van der Waals surface area contributed by atoms with E-state index in [0.29, 0.717) is 12.1 Å². The van der Waals surface area contributed by atoms with E-state index in [0.717, 1.165) is 26.2 Å². The minimum absolute atomic E-state index is 0.279. The molecule has 2 rings (SSSR count). The van der Waals surface area contributed by atoms with Crippen LogP contribution in [0.2, 0.25) is 0 Å². The summed E-state index contributed by atoms with van der Waals surface area (Å²) in [5.41, 5.74) is 0.279. The number of ether oxygens (including phenoxy) is 1. The fourth-order valence-electron chi connectivity index (χ4n) is 2.41. The van der Waals surface area contributed by atoms with Gasteiger partial charge in [0.2, 0.25) is 0 Å². The van der Waals surface area contributed by atoms with Crippen LogP contribution in [-0.2, 0) is 4.74 Å². The fourth-order valence-corrected chi connectivity index (χ4v) is 2.41. The largest absolute Gasteiger partial charge is 0.374 e. The molecule has 2 aliphatic rings. The van der Waals surface area contributed by atoms with Crippen molar-refractivity contribution < 1.29 is 4.74 Å². The average Bonchev–Trinajstić information content (AvgIpc) is 2.48. The van der Waals surface area contributed by atoms with Crippen molar-refractivity contribution in [2.24, 2.45) is 0 Å². The van der Waals surface area contributed by atoms with Gasteiger partial charge in [0.15, 0.2) is 0 Å². The Balaban J connectivity index is 2.04. The fraction of sp³-hybridized carbons (Fsp3) is 1.00. The van der Waals surface area contributed by atoms with E-state index in [1.807, 2.05) is 0 Å². The molecule has 0 unspecified atom stereocenters. The van der Waals surface area contributed by atoms with E-state index in [1.54, 1.807) is 0 Å². The van der Waals surface area contributed by atoms with E-state index >= 15 is 0 Å². The van der Waals surface area contributed by atoms with Crippen LogP contribution in [0, 0.1) is 0 Å². The molecule has 0 amide bonds. The van der Waals surface area contributed by atoms with E-state index in [4.69, 9.17) is 4.74 Å². The Labute approximate surface area is 87.0 Å². The van der Waals surface area contributed by atoms with Crippen molar-refractivity contribution in [2.45, 2.75) is 38.5 Å².